The maximum Gasteiger partial charge on any atom is 0.235 e. The predicted octanol–water partition coefficient (Wildman–Crippen LogP) is 3.34. The zero-order chi connectivity index (χ0) is 19.4. The number of aromatic nitrogens is 4. The molecule has 1 aromatic heterocycles. The average Bonchev–Trinajstić information content (AvgIpc) is 3.10. The molecular weight excluding hydrogens is 345 g/mol. The fourth-order valence-corrected chi connectivity index (χ4v) is 2.56. The van der Waals surface area contributed by atoms with Crippen molar-refractivity contribution in [3.8, 4) is 0 Å². The molecule has 27 heavy (non-hydrogen) atoms. The van der Waals surface area contributed by atoms with Crippen molar-refractivity contribution in [2.24, 2.45) is 0 Å². The van der Waals surface area contributed by atoms with Crippen LogP contribution in [0.4, 0.5) is 10.1 Å². The molecule has 0 fully saturated rings. The highest BCUT2D eigenvalue weighted by molar-refractivity contribution is 5.94. The van der Waals surface area contributed by atoms with E-state index in [0.717, 1.165) is 0 Å². The lowest BCUT2D eigenvalue weighted by atomic mass is 10.1. The average molecular weight is 367 g/mol. The van der Waals surface area contributed by atoms with Crippen molar-refractivity contribution >= 4 is 11.6 Å². The summed E-state index contributed by atoms with van der Waals surface area (Å²) in [5.41, 5.74) is 0.815. The van der Waals surface area contributed by atoms with Gasteiger partial charge in [0.1, 0.15) is 5.82 Å². The number of anilines is 1. The van der Waals surface area contributed by atoms with E-state index < -0.39 is 0 Å². The SMILES string of the molecule is CC(C)(C)n1nnc(CC(=O)N(Cc2ccccc2F)c2ccccc2)n1. The summed E-state index contributed by atoms with van der Waals surface area (Å²) in [6.45, 7) is 5.99. The molecule has 140 valence electrons. The van der Waals surface area contributed by atoms with Crippen molar-refractivity contribution in [2.45, 2.75) is 39.3 Å². The Morgan fingerprint density at radius 2 is 1.74 bits per heavy atom. The van der Waals surface area contributed by atoms with E-state index in [0.29, 0.717) is 17.1 Å². The van der Waals surface area contributed by atoms with Gasteiger partial charge in [0, 0.05) is 11.3 Å². The molecule has 0 atom stereocenters. The summed E-state index contributed by atoms with van der Waals surface area (Å²) in [5, 5.41) is 12.3. The first kappa shape index (κ1) is 18.7. The van der Waals surface area contributed by atoms with Gasteiger partial charge < -0.3 is 4.90 Å². The first-order valence-corrected chi connectivity index (χ1v) is 8.73. The predicted molar refractivity (Wildman–Crippen MR) is 101 cm³/mol. The van der Waals surface area contributed by atoms with Gasteiger partial charge in [-0.1, -0.05) is 36.4 Å². The van der Waals surface area contributed by atoms with Crippen molar-refractivity contribution in [2.75, 3.05) is 4.90 Å². The van der Waals surface area contributed by atoms with Crippen LogP contribution >= 0.6 is 0 Å². The molecule has 0 saturated heterocycles. The van der Waals surface area contributed by atoms with E-state index in [1.54, 1.807) is 18.2 Å². The van der Waals surface area contributed by atoms with Gasteiger partial charge in [-0.05, 0) is 44.2 Å². The summed E-state index contributed by atoms with van der Waals surface area (Å²) in [6, 6.07) is 15.6. The second kappa shape index (κ2) is 7.65. The molecule has 0 bridgehead atoms. The highest BCUT2D eigenvalue weighted by Crippen LogP contribution is 2.20. The van der Waals surface area contributed by atoms with Crippen LogP contribution in [0.25, 0.3) is 0 Å². The lowest BCUT2D eigenvalue weighted by Gasteiger charge is -2.23. The van der Waals surface area contributed by atoms with Crippen molar-refractivity contribution in [1.29, 1.82) is 0 Å². The smallest absolute Gasteiger partial charge is 0.235 e. The number of amides is 1. The Labute approximate surface area is 157 Å². The van der Waals surface area contributed by atoms with E-state index in [9.17, 15) is 9.18 Å². The number of para-hydroxylation sites is 1. The molecular formula is C20H22FN5O. The van der Waals surface area contributed by atoms with E-state index in [2.05, 4.69) is 15.4 Å². The molecule has 1 amide bonds. The van der Waals surface area contributed by atoms with Crippen LogP contribution in [0.5, 0.6) is 0 Å². The van der Waals surface area contributed by atoms with Gasteiger partial charge in [-0.3, -0.25) is 4.79 Å². The van der Waals surface area contributed by atoms with Gasteiger partial charge in [-0.15, -0.1) is 10.2 Å². The third kappa shape index (κ3) is 4.55. The second-order valence-electron chi connectivity index (χ2n) is 7.25. The zero-order valence-corrected chi connectivity index (χ0v) is 15.6. The molecule has 3 rings (SSSR count). The van der Waals surface area contributed by atoms with Crippen LogP contribution < -0.4 is 4.90 Å². The van der Waals surface area contributed by atoms with Crippen LogP contribution in [0.1, 0.15) is 32.2 Å². The molecule has 0 N–H and O–H groups in total. The number of carbonyl (C=O) groups is 1. The number of hydrogen-bond acceptors (Lipinski definition) is 4. The minimum atomic E-state index is -0.344. The van der Waals surface area contributed by atoms with Gasteiger partial charge in [0.25, 0.3) is 0 Å². The van der Waals surface area contributed by atoms with Crippen molar-refractivity contribution in [3.63, 3.8) is 0 Å². The highest BCUT2D eigenvalue weighted by atomic mass is 19.1. The van der Waals surface area contributed by atoms with Crippen molar-refractivity contribution in [1.82, 2.24) is 20.2 Å². The Bertz CT molecular complexity index is 917. The first-order valence-electron chi connectivity index (χ1n) is 8.73. The molecule has 1 heterocycles. The molecule has 0 radical (unpaired) electrons. The van der Waals surface area contributed by atoms with Crippen LogP contribution in [0.2, 0.25) is 0 Å². The quantitative estimate of drug-likeness (QED) is 0.694. The largest absolute Gasteiger partial charge is 0.308 e. The molecule has 6 nitrogen and oxygen atoms in total. The summed E-state index contributed by atoms with van der Waals surface area (Å²) in [7, 11) is 0. The van der Waals surface area contributed by atoms with Crippen LogP contribution in [0, 0.1) is 5.82 Å². The lowest BCUT2D eigenvalue weighted by Crippen LogP contribution is -2.32. The number of tetrazole rings is 1. The maximum atomic E-state index is 14.1. The summed E-state index contributed by atoms with van der Waals surface area (Å²) in [5.74, 6) is -0.231. The zero-order valence-electron chi connectivity index (χ0n) is 15.6. The third-order valence-corrected chi connectivity index (χ3v) is 4.02. The summed E-state index contributed by atoms with van der Waals surface area (Å²) in [4.78, 5) is 16.0. The molecule has 3 aromatic rings. The third-order valence-electron chi connectivity index (χ3n) is 4.02. The van der Waals surface area contributed by atoms with Crippen molar-refractivity contribution in [3.05, 3.63) is 71.8 Å². The molecule has 0 aliphatic heterocycles. The molecule has 0 spiro atoms. The number of carbonyl (C=O) groups excluding carboxylic acids is 1. The summed E-state index contributed by atoms with van der Waals surface area (Å²) >= 11 is 0. The highest BCUT2D eigenvalue weighted by Gasteiger charge is 2.22. The lowest BCUT2D eigenvalue weighted by molar-refractivity contribution is -0.118. The number of nitrogens with zero attached hydrogens (tertiary/aromatic N) is 5. The number of rotatable bonds is 5. The minimum Gasteiger partial charge on any atom is -0.308 e. The maximum absolute atomic E-state index is 14.1. The first-order chi connectivity index (χ1) is 12.8. The van der Waals surface area contributed by atoms with E-state index in [1.165, 1.54) is 15.8 Å². The van der Waals surface area contributed by atoms with Gasteiger partial charge in [0.15, 0.2) is 5.82 Å². The molecule has 0 aliphatic carbocycles. The Morgan fingerprint density at radius 1 is 1.07 bits per heavy atom. The summed E-state index contributed by atoms with van der Waals surface area (Å²) in [6.07, 6.45) is -0.0145. The van der Waals surface area contributed by atoms with Crippen LogP contribution in [-0.2, 0) is 23.3 Å². The number of halogens is 1. The van der Waals surface area contributed by atoms with E-state index in [4.69, 9.17) is 0 Å². The number of benzene rings is 2. The molecule has 0 saturated carbocycles. The van der Waals surface area contributed by atoms with Crippen LogP contribution in [0.3, 0.4) is 0 Å². The number of hydrogen-bond donors (Lipinski definition) is 0. The molecule has 0 unspecified atom stereocenters. The minimum absolute atomic E-state index is 0.0145. The Morgan fingerprint density at radius 3 is 2.37 bits per heavy atom. The Kier molecular flexibility index (Phi) is 5.30. The van der Waals surface area contributed by atoms with Gasteiger partial charge >= 0.3 is 0 Å². The fourth-order valence-electron chi connectivity index (χ4n) is 2.56. The van der Waals surface area contributed by atoms with E-state index in [-0.39, 0.29) is 30.2 Å². The standard InChI is InChI=1S/C20H22FN5O/c1-20(2,3)26-23-18(22-24-26)13-19(27)25(16-10-5-4-6-11-16)14-15-9-7-8-12-17(15)21/h4-12H,13-14H2,1-3H3. The van der Waals surface area contributed by atoms with Crippen LogP contribution in [-0.4, -0.2) is 26.1 Å². The molecule has 0 aliphatic rings. The van der Waals surface area contributed by atoms with Gasteiger partial charge in [0.05, 0.1) is 18.5 Å². The van der Waals surface area contributed by atoms with E-state index >= 15 is 0 Å². The van der Waals surface area contributed by atoms with E-state index in [1.807, 2.05) is 51.1 Å². The Hall–Kier alpha value is -3.09. The topological polar surface area (TPSA) is 63.9 Å². The van der Waals surface area contributed by atoms with Crippen molar-refractivity contribution < 1.29 is 9.18 Å². The second-order valence-corrected chi connectivity index (χ2v) is 7.25. The fraction of sp³-hybridized carbons (Fsp3) is 0.300. The van der Waals surface area contributed by atoms with Gasteiger partial charge in [-0.2, -0.15) is 4.80 Å². The van der Waals surface area contributed by atoms with Gasteiger partial charge in [0.2, 0.25) is 5.91 Å². The monoisotopic (exact) mass is 367 g/mol. The molecule has 7 heteroatoms. The van der Waals surface area contributed by atoms with Crippen LogP contribution in [0.15, 0.2) is 54.6 Å². The Balaban J connectivity index is 1.85. The van der Waals surface area contributed by atoms with Gasteiger partial charge in [-0.25, -0.2) is 4.39 Å². The normalized spacial score (nSPS) is 11.4. The molecule has 2 aromatic carbocycles. The summed E-state index contributed by atoms with van der Waals surface area (Å²) < 4.78 is 14.1.